The van der Waals surface area contributed by atoms with Gasteiger partial charge < -0.3 is 10.4 Å². The number of hydrogen-bond acceptors (Lipinski definition) is 4. The molecule has 0 aliphatic carbocycles. The van der Waals surface area contributed by atoms with Crippen LogP contribution in [0, 0.1) is 0 Å². The van der Waals surface area contributed by atoms with Crippen LogP contribution in [0.4, 0.5) is 13.2 Å². The number of hydrogen-bond donors (Lipinski definition) is 2. The SMILES string of the molecule is Cn1ncnc1CNCC(O)C(F)(F)F. The summed E-state index contributed by atoms with van der Waals surface area (Å²) >= 11 is 0. The molecule has 1 rings (SSSR count). The lowest BCUT2D eigenvalue weighted by molar-refractivity contribution is -0.201. The number of rotatable bonds is 4. The number of alkyl halides is 3. The Bertz CT molecular complexity index is 311. The van der Waals surface area contributed by atoms with Gasteiger partial charge in [-0.2, -0.15) is 18.3 Å². The molecule has 0 bridgehead atoms. The Balaban J connectivity index is 2.31. The van der Waals surface area contributed by atoms with Gasteiger partial charge in [0, 0.05) is 13.6 Å². The van der Waals surface area contributed by atoms with Crippen LogP contribution >= 0.6 is 0 Å². The van der Waals surface area contributed by atoms with Gasteiger partial charge in [-0.3, -0.25) is 4.68 Å². The van der Waals surface area contributed by atoms with E-state index in [9.17, 15) is 13.2 Å². The van der Waals surface area contributed by atoms with Crippen LogP contribution < -0.4 is 5.32 Å². The second kappa shape index (κ2) is 4.58. The monoisotopic (exact) mass is 224 g/mol. The van der Waals surface area contributed by atoms with Crippen molar-refractivity contribution in [2.24, 2.45) is 7.05 Å². The smallest absolute Gasteiger partial charge is 0.382 e. The Labute approximate surface area is 83.9 Å². The molecule has 0 radical (unpaired) electrons. The minimum atomic E-state index is -4.59. The lowest BCUT2D eigenvalue weighted by Crippen LogP contribution is -2.38. The van der Waals surface area contributed by atoms with Gasteiger partial charge in [0.25, 0.3) is 0 Å². The zero-order chi connectivity index (χ0) is 11.5. The summed E-state index contributed by atoms with van der Waals surface area (Å²) in [4.78, 5) is 3.80. The Morgan fingerprint density at radius 1 is 1.60 bits per heavy atom. The highest BCUT2D eigenvalue weighted by Crippen LogP contribution is 2.19. The van der Waals surface area contributed by atoms with Gasteiger partial charge in [0.15, 0.2) is 6.10 Å². The summed E-state index contributed by atoms with van der Waals surface area (Å²) in [5.41, 5.74) is 0. The van der Waals surface area contributed by atoms with Crippen LogP contribution in [0.3, 0.4) is 0 Å². The lowest BCUT2D eigenvalue weighted by atomic mass is 10.3. The highest BCUT2D eigenvalue weighted by Gasteiger charge is 2.37. The van der Waals surface area contributed by atoms with Crippen molar-refractivity contribution >= 4 is 0 Å². The molecule has 0 amide bonds. The third-order valence-corrected chi connectivity index (χ3v) is 1.80. The molecule has 1 heterocycles. The number of aliphatic hydroxyl groups excluding tert-OH is 1. The van der Waals surface area contributed by atoms with Crippen molar-refractivity contribution in [1.82, 2.24) is 20.1 Å². The fraction of sp³-hybridized carbons (Fsp3) is 0.714. The molecule has 1 aromatic heterocycles. The third-order valence-electron chi connectivity index (χ3n) is 1.80. The van der Waals surface area contributed by atoms with Crippen LogP contribution in [-0.4, -0.2) is 38.7 Å². The van der Waals surface area contributed by atoms with Crippen molar-refractivity contribution in [2.75, 3.05) is 6.54 Å². The summed E-state index contributed by atoms with van der Waals surface area (Å²) in [6.45, 7) is -0.431. The van der Waals surface area contributed by atoms with Crippen LogP contribution in [0.1, 0.15) is 5.82 Å². The van der Waals surface area contributed by atoms with E-state index in [4.69, 9.17) is 5.11 Å². The molecule has 0 saturated carbocycles. The van der Waals surface area contributed by atoms with Crippen molar-refractivity contribution in [2.45, 2.75) is 18.8 Å². The number of aliphatic hydroxyl groups is 1. The average molecular weight is 224 g/mol. The molecule has 8 heteroatoms. The first-order valence-corrected chi connectivity index (χ1v) is 4.19. The van der Waals surface area contributed by atoms with E-state index >= 15 is 0 Å². The molecule has 0 spiro atoms. The van der Waals surface area contributed by atoms with E-state index in [1.54, 1.807) is 7.05 Å². The highest BCUT2D eigenvalue weighted by molar-refractivity contribution is 4.82. The largest absolute Gasteiger partial charge is 0.415 e. The van der Waals surface area contributed by atoms with Gasteiger partial charge in [0.2, 0.25) is 0 Å². The molecule has 0 aromatic carbocycles. The predicted octanol–water partition coefficient (Wildman–Crippen LogP) is -0.172. The number of nitrogens with one attached hydrogen (secondary N) is 1. The van der Waals surface area contributed by atoms with E-state index in [2.05, 4.69) is 15.4 Å². The lowest BCUT2D eigenvalue weighted by Gasteiger charge is -2.14. The van der Waals surface area contributed by atoms with E-state index < -0.39 is 18.8 Å². The molecule has 0 fully saturated rings. The normalized spacial score (nSPS) is 14.2. The van der Waals surface area contributed by atoms with Crippen LogP contribution in [0.15, 0.2) is 6.33 Å². The Morgan fingerprint density at radius 2 is 2.27 bits per heavy atom. The minimum absolute atomic E-state index is 0.129. The molecule has 0 saturated heterocycles. The zero-order valence-corrected chi connectivity index (χ0v) is 7.99. The quantitative estimate of drug-likeness (QED) is 0.745. The van der Waals surface area contributed by atoms with Gasteiger partial charge in [-0.25, -0.2) is 4.98 Å². The molecule has 86 valence electrons. The van der Waals surface area contributed by atoms with Gasteiger partial charge in [-0.05, 0) is 0 Å². The van der Waals surface area contributed by atoms with Crippen LogP contribution in [-0.2, 0) is 13.6 Å². The number of aromatic nitrogens is 3. The van der Waals surface area contributed by atoms with E-state index in [0.717, 1.165) is 0 Å². The topological polar surface area (TPSA) is 63.0 Å². The maximum atomic E-state index is 11.9. The van der Waals surface area contributed by atoms with Crippen LogP contribution in [0.25, 0.3) is 0 Å². The second-order valence-electron chi connectivity index (χ2n) is 2.99. The summed E-state index contributed by atoms with van der Waals surface area (Å²) < 4.78 is 37.1. The molecule has 15 heavy (non-hydrogen) atoms. The second-order valence-corrected chi connectivity index (χ2v) is 2.99. The molecule has 0 aliphatic heterocycles. The van der Waals surface area contributed by atoms with Gasteiger partial charge in [-0.1, -0.05) is 0 Å². The van der Waals surface area contributed by atoms with Crippen LogP contribution in [0.2, 0.25) is 0 Å². The molecule has 0 aliphatic rings. The summed E-state index contributed by atoms with van der Waals surface area (Å²) in [6.07, 6.45) is -5.64. The van der Waals surface area contributed by atoms with E-state index in [1.165, 1.54) is 11.0 Å². The number of aryl methyl sites for hydroxylation is 1. The fourth-order valence-electron chi connectivity index (χ4n) is 0.917. The predicted molar refractivity (Wildman–Crippen MR) is 44.8 cm³/mol. The molecule has 1 unspecified atom stereocenters. The molecular formula is C7H11F3N4O. The van der Waals surface area contributed by atoms with Crippen molar-refractivity contribution in [1.29, 1.82) is 0 Å². The molecular weight excluding hydrogens is 213 g/mol. The summed E-state index contributed by atoms with van der Waals surface area (Å²) in [7, 11) is 1.63. The molecule has 1 atom stereocenters. The van der Waals surface area contributed by atoms with Gasteiger partial charge in [0.05, 0.1) is 6.54 Å². The maximum absolute atomic E-state index is 11.9. The molecule has 5 nitrogen and oxygen atoms in total. The third kappa shape index (κ3) is 3.48. The minimum Gasteiger partial charge on any atom is -0.382 e. The van der Waals surface area contributed by atoms with Crippen molar-refractivity contribution in [3.8, 4) is 0 Å². The molecule has 1 aromatic rings. The fourth-order valence-corrected chi connectivity index (χ4v) is 0.917. The summed E-state index contributed by atoms with van der Waals surface area (Å²) in [6, 6.07) is 0. The van der Waals surface area contributed by atoms with Crippen molar-refractivity contribution in [3.63, 3.8) is 0 Å². The number of nitrogens with zero attached hydrogens (tertiary/aromatic N) is 3. The first-order valence-electron chi connectivity index (χ1n) is 4.19. The van der Waals surface area contributed by atoms with Crippen molar-refractivity contribution < 1.29 is 18.3 Å². The zero-order valence-electron chi connectivity index (χ0n) is 7.99. The Hall–Kier alpha value is -1.15. The molecule has 2 N–H and O–H groups in total. The van der Waals surface area contributed by atoms with E-state index in [1.807, 2.05) is 0 Å². The van der Waals surface area contributed by atoms with E-state index in [-0.39, 0.29) is 6.54 Å². The van der Waals surface area contributed by atoms with Gasteiger partial charge in [0.1, 0.15) is 12.2 Å². The Kier molecular flexibility index (Phi) is 3.64. The van der Waals surface area contributed by atoms with Gasteiger partial charge >= 0.3 is 6.18 Å². The van der Waals surface area contributed by atoms with E-state index in [0.29, 0.717) is 5.82 Å². The summed E-state index contributed by atoms with van der Waals surface area (Å²) in [5, 5.41) is 14.8. The first-order chi connectivity index (χ1) is 6.91. The average Bonchev–Trinajstić information content (AvgIpc) is 2.50. The summed E-state index contributed by atoms with van der Waals surface area (Å²) in [5.74, 6) is 0.504. The Morgan fingerprint density at radius 3 is 2.73 bits per heavy atom. The van der Waals surface area contributed by atoms with Crippen molar-refractivity contribution in [3.05, 3.63) is 12.2 Å². The number of halogens is 3. The highest BCUT2D eigenvalue weighted by atomic mass is 19.4. The standard InChI is InChI=1S/C7H11F3N4O/c1-14-6(12-4-13-14)3-11-2-5(15)7(8,9)10/h4-5,11,15H,2-3H2,1H3. The van der Waals surface area contributed by atoms with Crippen LogP contribution in [0.5, 0.6) is 0 Å². The maximum Gasteiger partial charge on any atom is 0.415 e. The first kappa shape index (κ1) is 11.9. The van der Waals surface area contributed by atoms with Gasteiger partial charge in [-0.15, -0.1) is 0 Å².